The molecular formula is C17H19N3O4. The van der Waals surface area contributed by atoms with Gasteiger partial charge in [0, 0.05) is 12.2 Å². The van der Waals surface area contributed by atoms with Crippen LogP contribution in [0.3, 0.4) is 0 Å². The summed E-state index contributed by atoms with van der Waals surface area (Å²) < 4.78 is 5.43. The lowest BCUT2D eigenvalue weighted by Crippen LogP contribution is -2.41. The number of carbonyl (C=O) groups is 2. The fourth-order valence-corrected chi connectivity index (χ4v) is 3.19. The monoisotopic (exact) mass is 329 g/mol. The summed E-state index contributed by atoms with van der Waals surface area (Å²) in [6, 6.07) is 8.87. The quantitative estimate of drug-likeness (QED) is 0.903. The molecule has 1 aromatic carbocycles. The van der Waals surface area contributed by atoms with E-state index in [1.807, 2.05) is 6.07 Å². The number of anilines is 1. The zero-order valence-electron chi connectivity index (χ0n) is 13.2. The maximum absolute atomic E-state index is 12.1. The van der Waals surface area contributed by atoms with E-state index in [1.54, 1.807) is 29.2 Å². The molecule has 2 aliphatic rings. The SMILES string of the molecule is N#Cc1ccc(N2C[C@H](CN3CCC(C(=O)O)CC3)OC2=O)cc1. The summed E-state index contributed by atoms with van der Waals surface area (Å²) in [5, 5.41) is 17.9. The smallest absolute Gasteiger partial charge is 0.414 e. The van der Waals surface area contributed by atoms with E-state index in [1.165, 1.54) is 0 Å². The van der Waals surface area contributed by atoms with Gasteiger partial charge in [-0.2, -0.15) is 5.26 Å². The number of piperidine rings is 1. The van der Waals surface area contributed by atoms with Crippen LogP contribution in [0.1, 0.15) is 18.4 Å². The lowest BCUT2D eigenvalue weighted by atomic mass is 9.97. The summed E-state index contributed by atoms with van der Waals surface area (Å²) in [5.74, 6) is -0.989. The summed E-state index contributed by atoms with van der Waals surface area (Å²) >= 11 is 0. The minimum absolute atomic E-state index is 0.227. The number of hydrogen-bond donors (Lipinski definition) is 1. The first kappa shape index (κ1) is 16.3. The van der Waals surface area contributed by atoms with E-state index in [9.17, 15) is 9.59 Å². The Labute approximate surface area is 140 Å². The predicted octanol–water partition coefficient (Wildman–Crippen LogP) is 1.68. The molecule has 3 rings (SSSR count). The molecule has 1 amide bonds. The molecule has 0 radical (unpaired) electrons. The van der Waals surface area contributed by atoms with Crippen molar-refractivity contribution in [2.45, 2.75) is 18.9 Å². The van der Waals surface area contributed by atoms with Gasteiger partial charge >= 0.3 is 12.1 Å². The highest BCUT2D eigenvalue weighted by Gasteiger charge is 2.34. The molecule has 126 valence electrons. The van der Waals surface area contributed by atoms with E-state index in [4.69, 9.17) is 15.1 Å². The highest BCUT2D eigenvalue weighted by atomic mass is 16.6. The van der Waals surface area contributed by atoms with Gasteiger partial charge in [-0.25, -0.2) is 4.79 Å². The summed E-state index contributed by atoms with van der Waals surface area (Å²) in [5.41, 5.74) is 1.26. The lowest BCUT2D eigenvalue weighted by molar-refractivity contribution is -0.143. The van der Waals surface area contributed by atoms with Crippen molar-refractivity contribution in [3.05, 3.63) is 29.8 Å². The molecule has 24 heavy (non-hydrogen) atoms. The number of benzene rings is 1. The maximum atomic E-state index is 12.1. The molecule has 1 N–H and O–H groups in total. The molecule has 7 nitrogen and oxygen atoms in total. The average molecular weight is 329 g/mol. The first-order valence-electron chi connectivity index (χ1n) is 8.00. The van der Waals surface area contributed by atoms with Gasteiger partial charge in [-0.05, 0) is 50.2 Å². The Kier molecular flexibility index (Phi) is 4.67. The van der Waals surface area contributed by atoms with Crippen LogP contribution >= 0.6 is 0 Å². The molecular weight excluding hydrogens is 310 g/mol. The third kappa shape index (κ3) is 3.49. The van der Waals surface area contributed by atoms with E-state index < -0.39 is 5.97 Å². The van der Waals surface area contributed by atoms with Crippen LogP contribution in [-0.2, 0) is 9.53 Å². The second-order valence-electron chi connectivity index (χ2n) is 6.19. The van der Waals surface area contributed by atoms with Crippen LogP contribution in [0.4, 0.5) is 10.5 Å². The molecule has 2 heterocycles. The second kappa shape index (κ2) is 6.89. The van der Waals surface area contributed by atoms with E-state index in [0.717, 1.165) is 0 Å². The molecule has 0 aliphatic carbocycles. The summed E-state index contributed by atoms with van der Waals surface area (Å²) in [4.78, 5) is 26.8. The molecule has 0 saturated carbocycles. The van der Waals surface area contributed by atoms with E-state index in [2.05, 4.69) is 4.90 Å². The first-order chi connectivity index (χ1) is 11.6. The van der Waals surface area contributed by atoms with Crippen molar-refractivity contribution in [3.63, 3.8) is 0 Å². The number of nitriles is 1. The molecule has 0 spiro atoms. The molecule has 0 bridgehead atoms. The standard InChI is InChI=1S/C17H19N3O4/c18-9-12-1-3-14(4-2-12)20-11-15(24-17(20)23)10-19-7-5-13(6-8-19)16(21)22/h1-4,13,15H,5-8,10-11H2,(H,21,22)/t15-/m0/s1. The lowest BCUT2D eigenvalue weighted by Gasteiger charge is -2.31. The van der Waals surface area contributed by atoms with Gasteiger partial charge in [0.2, 0.25) is 0 Å². The second-order valence-corrected chi connectivity index (χ2v) is 6.19. The molecule has 0 unspecified atom stereocenters. The third-order valence-corrected chi connectivity index (χ3v) is 4.58. The third-order valence-electron chi connectivity index (χ3n) is 4.58. The topological polar surface area (TPSA) is 93.9 Å². The Bertz CT molecular complexity index is 659. The number of nitrogens with zero attached hydrogens (tertiary/aromatic N) is 3. The van der Waals surface area contributed by atoms with Gasteiger partial charge < -0.3 is 9.84 Å². The Morgan fingerprint density at radius 1 is 1.29 bits per heavy atom. The molecule has 7 heteroatoms. The van der Waals surface area contributed by atoms with Gasteiger partial charge in [0.1, 0.15) is 6.10 Å². The van der Waals surface area contributed by atoms with Crippen LogP contribution < -0.4 is 4.90 Å². The number of ether oxygens (including phenoxy) is 1. The molecule has 2 saturated heterocycles. The van der Waals surface area contributed by atoms with Gasteiger partial charge in [-0.1, -0.05) is 0 Å². The fraction of sp³-hybridized carbons (Fsp3) is 0.471. The van der Waals surface area contributed by atoms with Crippen molar-refractivity contribution in [1.29, 1.82) is 5.26 Å². The zero-order chi connectivity index (χ0) is 17.1. The van der Waals surface area contributed by atoms with Gasteiger partial charge in [-0.15, -0.1) is 0 Å². The number of cyclic esters (lactones) is 1. The van der Waals surface area contributed by atoms with Crippen LogP contribution in [0.25, 0.3) is 0 Å². The van der Waals surface area contributed by atoms with Crippen molar-refractivity contribution in [2.75, 3.05) is 31.1 Å². The Morgan fingerprint density at radius 2 is 1.96 bits per heavy atom. The number of likely N-dealkylation sites (tertiary alicyclic amines) is 1. The van der Waals surface area contributed by atoms with Gasteiger partial charge in [-0.3, -0.25) is 14.6 Å². The summed E-state index contributed by atoms with van der Waals surface area (Å²) in [6.07, 6.45) is 0.657. The molecule has 2 aliphatic heterocycles. The summed E-state index contributed by atoms with van der Waals surface area (Å²) in [6.45, 7) is 2.50. The van der Waals surface area contributed by atoms with Crippen molar-refractivity contribution >= 4 is 17.7 Å². The predicted molar refractivity (Wildman–Crippen MR) is 85.6 cm³/mol. The average Bonchev–Trinajstić information content (AvgIpc) is 2.95. The molecule has 2 fully saturated rings. The highest BCUT2D eigenvalue weighted by molar-refractivity contribution is 5.89. The van der Waals surface area contributed by atoms with Crippen LogP contribution in [0.2, 0.25) is 0 Å². The molecule has 0 aromatic heterocycles. The van der Waals surface area contributed by atoms with Crippen molar-refractivity contribution in [1.82, 2.24) is 4.90 Å². The number of carboxylic acid groups (broad SMARTS) is 1. The number of aliphatic carboxylic acids is 1. The van der Waals surface area contributed by atoms with E-state index in [0.29, 0.717) is 50.3 Å². The van der Waals surface area contributed by atoms with Gasteiger partial charge in [0.05, 0.1) is 24.1 Å². The maximum Gasteiger partial charge on any atom is 0.414 e. The first-order valence-corrected chi connectivity index (χ1v) is 8.00. The number of rotatable bonds is 4. The van der Waals surface area contributed by atoms with Crippen molar-refractivity contribution in [2.24, 2.45) is 5.92 Å². The Hall–Kier alpha value is -2.59. The van der Waals surface area contributed by atoms with Crippen LogP contribution in [-0.4, -0.2) is 54.4 Å². The largest absolute Gasteiger partial charge is 0.481 e. The van der Waals surface area contributed by atoms with Gasteiger partial charge in [0.15, 0.2) is 0 Å². The number of hydrogen-bond acceptors (Lipinski definition) is 5. The van der Waals surface area contributed by atoms with Crippen LogP contribution in [0.5, 0.6) is 0 Å². The van der Waals surface area contributed by atoms with Gasteiger partial charge in [0.25, 0.3) is 0 Å². The van der Waals surface area contributed by atoms with Crippen LogP contribution in [0, 0.1) is 17.2 Å². The van der Waals surface area contributed by atoms with E-state index >= 15 is 0 Å². The minimum Gasteiger partial charge on any atom is -0.481 e. The van der Waals surface area contributed by atoms with Crippen molar-refractivity contribution < 1.29 is 19.4 Å². The highest BCUT2D eigenvalue weighted by Crippen LogP contribution is 2.24. The van der Waals surface area contributed by atoms with Crippen molar-refractivity contribution in [3.8, 4) is 6.07 Å². The summed E-state index contributed by atoms with van der Waals surface area (Å²) in [7, 11) is 0. The normalized spacial score (nSPS) is 22.2. The Balaban J connectivity index is 1.55. The number of carboxylic acids is 1. The zero-order valence-corrected chi connectivity index (χ0v) is 13.2. The van der Waals surface area contributed by atoms with Crippen LogP contribution in [0.15, 0.2) is 24.3 Å². The number of amides is 1. The number of carbonyl (C=O) groups excluding carboxylic acids is 1. The molecule has 1 aromatic rings. The Morgan fingerprint density at radius 3 is 2.54 bits per heavy atom. The minimum atomic E-state index is -0.728. The fourth-order valence-electron chi connectivity index (χ4n) is 3.19. The van der Waals surface area contributed by atoms with E-state index in [-0.39, 0.29) is 18.1 Å². The molecule has 1 atom stereocenters.